The highest BCUT2D eigenvalue weighted by Gasteiger charge is 2.17. The highest BCUT2D eigenvalue weighted by molar-refractivity contribution is 7.99. The van der Waals surface area contributed by atoms with Crippen LogP contribution in [0.2, 0.25) is 0 Å². The van der Waals surface area contributed by atoms with Gasteiger partial charge in [0.25, 0.3) is 0 Å². The highest BCUT2D eigenvalue weighted by atomic mass is 32.2. The summed E-state index contributed by atoms with van der Waals surface area (Å²) in [7, 11) is 0. The van der Waals surface area contributed by atoms with E-state index in [-0.39, 0.29) is 6.23 Å². The molecule has 16 heavy (non-hydrogen) atoms. The van der Waals surface area contributed by atoms with Crippen molar-refractivity contribution in [3.63, 3.8) is 0 Å². The number of aryl methyl sites for hydroxylation is 1. The maximum atomic E-state index is 10.0. The van der Waals surface area contributed by atoms with E-state index in [2.05, 4.69) is 9.88 Å². The SMILES string of the molecule is OC(CCc1ccncc1)N1CCCSC1. The zero-order valence-electron chi connectivity index (χ0n) is 9.38. The molecule has 88 valence electrons. The van der Waals surface area contributed by atoms with Gasteiger partial charge in [-0.15, -0.1) is 11.8 Å². The van der Waals surface area contributed by atoms with Crippen molar-refractivity contribution in [1.82, 2.24) is 9.88 Å². The van der Waals surface area contributed by atoms with Crippen LogP contribution in [0.3, 0.4) is 0 Å². The van der Waals surface area contributed by atoms with Crippen LogP contribution in [0.25, 0.3) is 0 Å². The molecule has 0 spiro atoms. The van der Waals surface area contributed by atoms with E-state index >= 15 is 0 Å². The lowest BCUT2D eigenvalue weighted by atomic mass is 10.1. The van der Waals surface area contributed by atoms with Gasteiger partial charge in [-0.3, -0.25) is 9.88 Å². The fraction of sp³-hybridized carbons (Fsp3) is 0.583. The Kier molecular flexibility index (Phi) is 4.63. The number of hydrogen-bond donors (Lipinski definition) is 1. The smallest absolute Gasteiger partial charge is 0.108 e. The number of hydrogen-bond acceptors (Lipinski definition) is 4. The Labute approximate surface area is 101 Å². The number of aromatic nitrogens is 1. The van der Waals surface area contributed by atoms with Gasteiger partial charge in [0.1, 0.15) is 6.23 Å². The molecule has 1 aromatic heterocycles. The van der Waals surface area contributed by atoms with E-state index in [1.807, 2.05) is 23.9 Å². The van der Waals surface area contributed by atoms with Crippen LogP contribution in [0.4, 0.5) is 0 Å². The van der Waals surface area contributed by atoms with Crippen molar-refractivity contribution >= 4 is 11.8 Å². The summed E-state index contributed by atoms with van der Waals surface area (Å²) in [5.41, 5.74) is 1.25. The van der Waals surface area contributed by atoms with E-state index in [4.69, 9.17) is 0 Å². The van der Waals surface area contributed by atoms with Gasteiger partial charge in [-0.05, 0) is 42.7 Å². The number of aliphatic hydroxyl groups is 1. The summed E-state index contributed by atoms with van der Waals surface area (Å²) in [5.74, 6) is 2.20. The number of nitrogens with zero attached hydrogens (tertiary/aromatic N) is 2. The summed E-state index contributed by atoms with van der Waals surface area (Å²) >= 11 is 1.91. The molecule has 1 fully saturated rings. The quantitative estimate of drug-likeness (QED) is 0.866. The van der Waals surface area contributed by atoms with Crippen LogP contribution in [-0.2, 0) is 6.42 Å². The molecule has 2 heterocycles. The third-order valence-corrected chi connectivity index (χ3v) is 3.94. The lowest BCUT2D eigenvalue weighted by Crippen LogP contribution is -2.38. The van der Waals surface area contributed by atoms with Gasteiger partial charge in [-0.25, -0.2) is 0 Å². The van der Waals surface area contributed by atoms with Gasteiger partial charge >= 0.3 is 0 Å². The Morgan fingerprint density at radius 2 is 2.25 bits per heavy atom. The van der Waals surface area contributed by atoms with E-state index < -0.39 is 0 Å². The molecule has 1 aromatic rings. The molecular formula is C12H18N2OS. The maximum Gasteiger partial charge on any atom is 0.108 e. The number of thioether (sulfide) groups is 1. The van der Waals surface area contributed by atoms with Crippen molar-refractivity contribution in [1.29, 1.82) is 0 Å². The fourth-order valence-corrected chi connectivity index (χ4v) is 2.88. The first-order valence-corrected chi connectivity index (χ1v) is 6.90. The van der Waals surface area contributed by atoms with Crippen LogP contribution < -0.4 is 0 Å². The molecule has 2 rings (SSSR count). The summed E-state index contributed by atoms with van der Waals surface area (Å²) in [6.45, 7) is 1.03. The molecule has 1 saturated heterocycles. The fourth-order valence-electron chi connectivity index (χ4n) is 1.88. The second-order valence-electron chi connectivity index (χ2n) is 4.08. The van der Waals surface area contributed by atoms with Gasteiger partial charge < -0.3 is 5.11 Å². The predicted octanol–water partition coefficient (Wildman–Crippen LogP) is 1.73. The van der Waals surface area contributed by atoms with Crippen LogP contribution in [0.5, 0.6) is 0 Å². The molecule has 0 saturated carbocycles. The molecule has 3 nitrogen and oxygen atoms in total. The maximum absolute atomic E-state index is 10.0. The molecule has 4 heteroatoms. The van der Waals surface area contributed by atoms with Crippen LogP contribution in [0.15, 0.2) is 24.5 Å². The van der Waals surface area contributed by atoms with Gasteiger partial charge in [0, 0.05) is 24.8 Å². The molecular weight excluding hydrogens is 220 g/mol. The first kappa shape index (κ1) is 11.9. The molecule has 1 atom stereocenters. The van der Waals surface area contributed by atoms with E-state index in [0.29, 0.717) is 0 Å². The number of pyridine rings is 1. The molecule has 1 unspecified atom stereocenters. The topological polar surface area (TPSA) is 36.4 Å². The zero-order valence-corrected chi connectivity index (χ0v) is 10.2. The molecule has 0 aliphatic carbocycles. The molecule has 0 radical (unpaired) electrons. The minimum absolute atomic E-state index is 0.291. The number of aliphatic hydroxyl groups excluding tert-OH is 1. The van der Waals surface area contributed by atoms with Crippen molar-refractivity contribution in [2.24, 2.45) is 0 Å². The standard InChI is InChI=1S/C12H18N2OS/c15-12(14-8-1-9-16-10-14)3-2-11-4-6-13-7-5-11/h4-7,12,15H,1-3,8-10H2. The predicted molar refractivity (Wildman–Crippen MR) is 67.2 cm³/mol. The Bertz CT molecular complexity index is 301. The first-order chi connectivity index (χ1) is 7.86. The Morgan fingerprint density at radius 1 is 1.44 bits per heavy atom. The minimum atomic E-state index is -0.291. The molecule has 0 bridgehead atoms. The average Bonchev–Trinajstić information content (AvgIpc) is 2.38. The van der Waals surface area contributed by atoms with Gasteiger partial charge in [0.05, 0.1) is 0 Å². The normalized spacial score (nSPS) is 19.6. The average molecular weight is 238 g/mol. The molecule has 0 aromatic carbocycles. The largest absolute Gasteiger partial charge is 0.378 e. The van der Waals surface area contributed by atoms with Gasteiger partial charge in [-0.1, -0.05) is 0 Å². The van der Waals surface area contributed by atoms with Crippen LogP contribution in [0.1, 0.15) is 18.4 Å². The van der Waals surface area contributed by atoms with E-state index in [1.165, 1.54) is 17.7 Å². The van der Waals surface area contributed by atoms with E-state index in [0.717, 1.165) is 25.3 Å². The Hall–Kier alpha value is -0.580. The third kappa shape index (κ3) is 3.47. The van der Waals surface area contributed by atoms with Crippen molar-refractivity contribution in [3.8, 4) is 0 Å². The third-order valence-electron chi connectivity index (χ3n) is 2.85. The van der Waals surface area contributed by atoms with E-state index in [9.17, 15) is 5.11 Å². The zero-order chi connectivity index (χ0) is 11.2. The summed E-state index contributed by atoms with van der Waals surface area (Å²) in [4.78, 5) is 6.15. The second-order valence-corrected chi connectivity index (χ2v) is 5.15. The summed E-state index contributed by atoms with van der Waals surface area (Å²) < 4.78 is 0. The van der Waals surface area contributed by atoms with E-state index in [1.54, 1.807) is 12.4 Å². The van der Waals surface area contributed by atoms with Crippen LogP contribution in [-0.4, -0.2) is 39.4 Å². The van der Waals surface area contributed by atoms with Crippen LogP contribution in [0, 0.1) is 0 Å². The first-order valence-electron chi connectivity index (χ1n) is 5.75. The van der Waals surface area contributed by atoms with Crippen LogP contribution >= 0.6 is 11.8 Å². The lowest BCUT2D eigenvalue weighted by molar-refractivity contribution is 0.00985. The van der Waals surface area contributed by atoms with Crippen molar-refractivity contribution in [2.75, 3.05) is 18.2 Å². The van der Waals surface area contributed by atoms with Crippen molar-refractivity contribution in [3.05, 3.63) is 30.1 Å². The molecule has 1 aliphatic rings. The van der Waals surface area contributed by atoms with Crippen molar-refractivity contribution in [2.45, 2.75) is 25.5 Å². The lowest BCUT2D eigenvalue weighted by Gasteiger charge is -2.30. The second kappa shape index (κ2) is 6.23. The van der Waals surface area contributed by atoms with Gasteiger partial charge in [0.2, 0.25) is 0 Å². The molecule has 1 N–H and O–H groups in total. The Morgan fingerprint density at radius 3 is 2.94 bits per heavy atom. The summed E-state index contributed by atoms with van der Waals surface area (Å²) in [6.07, 6.45) is 6.24. The van der Waals surface area contributed by atoms with Crippen molar-refractivity contribution < 1.29 is 5.11 Å². The Balaban J connectivity index is 1.76. The molecule has 0 amide bonds. The van der Waals surface area contributed by atoms with Gasteiger partial charge in [0.15, 0.2) is 0 Å². The summed E-state index contributed by atoms with van der Waals surface area (Å²) in [6, 6.07) is 4.02. The number of rotatable bonds is 4. The highest BCUT2D eigenvalue weighted by Crippen LogP contribution is 2.17. The van der Waals surface area contributed by atoms with Gasteiger partial charge in [-0.2, -0.15) is 0 Å². The monoisotopic (exact) mass is 238 g/mol. The summed E-state index contributed by atoms with van der Waals surface area (Å²) in [5, 5.41) is 10.0. The minimum Gasteiger partial charge on any atom is -0.378 e. The molecule has 1 aliphatic heterocycles.